The summed E-state index contributed by atoms with van der Waals surface area (Å²) in [7, 11) is 4.16. The van der Waals surface area contributed by atoms with Crippen molar-refractivity contribution in [1.29, 1.82) is 0 Å². The van der Waals surface area contributed by atoms with Crippen LogP contribution in [0.4, 0.5) is 0 Å². The summed E-state index contributed by atoms with van der Waals surface area (Å²) in [5, 5.41) is 10.3. The van der Waals surface area contributed by atoms with Crippen LogP contribution in [-0.2, 0) is 13.2 Å². The molecule has 16 heavy (non-hydrogen) atoms. The number of hydrogen-bond donors (Lipinski definition) is 1. The number of hydrogen-bond acceptors (Lipinski definition) is 2. The third-order valence-corrected chi connectivity index (χ3v) is 2.81. The molecule has 0 fully saturated rings. The Morgan fingerprint density at radius 1 is 1.25 bits per heavy atom. The van der Waals surface area contributed by atoms with Crippen LogP contribution in [0.15, 0.2) is 30.5 Å². The minimum Gasteiger partial charge on any atom is -0.392 e. The molecule has 1 N–H and O–H groups in total. The highest BCUT2D eigenvalue weighted by Crippen LogP contribution is 2.17. The van der Waals surface area contributed by atoms with Crippen LogP contribution < -0.4 is 0 Å². The number of likely N-dealkylation sites (N-methyl/N-ethyl adjacent to an activating group) is 1. The summed E-state index contributed by atoms with van der Waals surface area (Å²) in [5.74, 6) is 0. The zero-order chi connectivity index (χ0) is 11.5. The van der Waals surface area contributed by atoms with Gasteiger partial charge >= 0.3 is 0 Å². The van der Waals surface area contributed by atoms with E-state index in [0.717, 1.165) is 18.7 Å². The molecule has 0 unspecified atom stereocenters. The van der Waals surface area contributed by atoms with E-state index < -0.39 is 0 Å². The summed E-state index contributed by atoms with van der Waals surface area (Å²) in [4.78, 5) is 2.17. The molecule has 2 aromatic rings. The molecule has 3 heteroatoms. The van der Waals surface area contributed by atoms with Gasteiger partial charge in [0.25, 0.3) is 0 Å². The van der Waals surface area contributed by atoms with Gasteiger partial charge in [0.2, 0.25) is 0 Å². The van der Waals surface area contributed by atoms with Crippen LogP contribution >= 0.6 is 0 Å². The molecule has 1 aromatic heterocycles. The minimum absolute atomic E-state index is 0.110. The Morgan fingerprint density at radius 2 is 2.06 bits per heavy atom. The molecule has 2 rings (SSSR count). The van der Waals surface area contributed by atoms with E-state index >= 15 is 0 Å². The van der Waals surface area contributed by atoms with Crippen LogP contribution in [0.1, 0.15) is 5.56 Å². The lowest BCUT2D eigenvalue weighted by molar-refractivity contribution is 0.282. The average Bonchev–Trinajstić information content (AvgIpc) is 2.68. The maximum Gasteiger partial charge on any atom is 0.0682 e. The second kappa shape index (κ2) is 4.68. The monoisotopic (exact) mass is 218 g/mol. The SMILES string of the molecule is CN(C)CCn1ccc2cc(CO)ccc21. The van der Waals surface area contributed by atoms with Gasteiger partial charge in [-0.25, -0.2) is 0 Å². The molecule has 0 radical (unpaired) electrons. The summed E-state index contributed by atoms with van der Waals surface area (Å²) < 4.78 is 2.25. The van der Waals surface area contributed by atoms with Gasteiger partial charge in [-0.05, 0) is 43.2 Å². The van der Waals surface area contributed by atoms with Crippen molar-refractivity contribution in [2.45, 2.75) is 13.2 Å². The molecule has 1 heterocycles. The largest absolute Gasteiger partial charge is 0.392 e. The Hall–Kier alpha value is -1.32. The van der Waals surface area contributed by atoms with Crippen molar-refractivity contribution in [2.75, 3.05) is 20.6 Å². The third kappa shape index (κ3) is 2.26. The van der Waals surface area contributed by atoms with Gasteiger partial charge in [0.15, 0.2) is 0 Å². The van der Waals surface area contributed by atoms with Crippen molar-refractivity contribution in [3.63, 3.8) is 0 Å². The van der Waals surface area contributed by atoms with Gasteiger partial charge in [0.1, 0.15) is 0 Å². The lowest BCUT2D eigenvalue weighted by Gasteiger charge is -2.11. The smallest absolute Gasteiger partial charge is 0.0682 e. The van der Waals surface area contributed by atoms with Crippen LogP contribution in [0.5, 0.6) is 0 Å². The molecule has 86 valence electrons. The van der Waals surface area contributed by atoms with Gasteiger partial charge in [0.05, 0.1) is 6.61 Å². The fraction of sp³-hybridized carbons (Fsp3) is 0.385. The van der Waals surface area contributed by atoms with Crippen molar-refractivity contribution < 1.29 is 5.11 Å². The highest BCUT2D eigenvalue weighted by Gasteiger charge is 2.02. The van der Waals surface area contributed by atoms with Crippen LogP contribution in [0.3, 0.4) is 0 Å². The number of aromatic nitrogens is 1. The predicted octanol–water partition coefficient (Wildman–Crippen LogP) is 1.70. The van der Waals surface area contributed by atoms with Gasteiger partial charge in [-0.3, -0.25) is 0 Å². The summed E-state index contributed by atoms with van der Waals surface area (Å²) in [6, 6.07) is 8.21. The Kier molecular flexibility index (Phi) is 3.27. The zero-order valence-corrected chi connectivity index (χ0v) is 9.85. The topological polar surface area (TPSA) is 28.4 Å². The minimum atomic E-state index is 0.110. The molecule has 0 saturated carbocycles. The Bertz CT molecular complexity index is 474. The first kappa shape index (κ1) is 11.2. The fourth-order valence-electron chi connectivity index (χ4n) is 1.85. The number of aliphatic hydroxyl groups is 1. The molecule has 0 amide bonds. The fourth-order valence-corrected chi connectivity index (χ4v) is 1.85. The third-order valence-electron chi connectivity index (χ3n) is 2.81. The first-order chi connectivity index (χ1) is 7.70. The second-order valence-electron chi connectivity index (χ2n) is 4.36. The second-order valence-corrected chi connectivity index (χ2v) is 4.36. The maximum atomic E-state index is 9.07. The van der Waals surface area contributed by atoms with Crippen LogP contribution in [0.25, 0.3) is 10.9 Å². The molecule has 3 nitrogen and oxygen atoms in total. The first-order valence-electron chi connectivity index (χ1n) is 5.54. The number of aliphatic hydroxyl groups excluding tert-OH is 1. The molecule has 0 spiro atoms. The number of nitrogens with zero attached hydrogens (tertiary/aromatic N) is 2. The summed E-state index contributed by atoms with van der Waals surface area (Å²) in [6.45, 7) is 2.14. The zero-order valence-electron chi connectivity index (χ0n) is 9.85. The van der Waals surface area contributed by atoms with E-state index in [0.29, 0.717) is 0 Å². The van der Waals surface area contributed by atoms with E-state index in [2.05, 4.69) is 41.9 Å². The summed E-state index contributed by atoms with van der Waals surface area (Å²) in [6.07, 6.45) is 2.11. The van der Waals surface area contributed by atoms with E-state index in [1.54, 1.807) is 0 Å². The Labute approximate surface area is 95.9 Å². The molecule has 1 aromatic carbocycles. The Morgan fingerprint density at radius 3 is 2.75 bits per heavy atom. The van der Waals surface area contributed by atoms with Gasteiger partial charge < -0.3 is 14.6 Å². The molecule has 0 aliphatic heterocycles. The quantitative estimate of drug-likeness (QED) is 0.846. The van der Waals surface area contributed by atoms with Gasteiger partial charge in [-0.2, -0.15) is 0 Å². The molecule has 0 saturated heterocycles. The highest BCUT2D eigenvalue weighted by atomic mass is 16.3. The van der Waals surface area contributed by atoms with E-state index in [9.17, 15) is 0 Å². The van der Waals surface area contributed by atoms with E-state index in [1.807, 2.05) is 12.1 Å². The average molecular weight is 218 g/mol. The Balaban J connectivity index is 2.27. The first-order valence-corrected chi connectivity index (χ1v) is 5.54. The highest BCUT2D eigenvalue weighted by molar-refractivity contribution is 5.80. The summed E-state index contributed by atoms with van der Waals surface area (Å²) in [5.41, 5.74) is 2.21. The van der Waals surface area contributed by atoms with Crippen molar-refractivity contribution in [3.8, 4) is 0 Å². The van der Waals surface area contributed by atoms with Crippen LogP contribution in [0, 0.1) is 0 Å². The van der Waals surface area contributed by atoms with Gasteiger partial charge in [-0.15, -0.1) is 0 Å². The predicted molar refractivity (Wildman–Crippen MR) is 66.4 cm³/mol. The molecule has 0 atom stereocenters. The lowest BCUT2D eigenvalue weighted by Crippen LogP contribution is -2.17. The molecular formula is C13H18N2O. The molecule has 0 aliphatic rings. The van der Waals surface area contributed by atoms with Crippen LogP contribution in [0.2, 0.25) is 0 Å². The van der Waals surface area contributed by atoms with Crippen LogP contribution in [-0.4, -0.2) is 35.2 Å². The summed E-state index contributed by atoms with van der Waals surface area (Å²) >= 11 is 0. The van der Waals surface area contributed by atoms with Crippen molar-refractivity contribution in [1.82, 2.24) is 9.47 Å². The van der Waals surface area contributed by atoms with Crippen molar-refractivity contribution >= 4 is 10.9 Å². The molecule has 0 bridgehead atoms. The number of rotatable bonds is 4. The molecular weight excluding hydrogens is 200 g/mol. The standard InChI is InChI=1S/C13H18N2O/c1-14(2)7-8-15-6-5-12-9-11(10-16)3-4-13(12)15/h3-6,9,16H,7-8,10H2,1-2H3. The lowest BCUT2D eigenvalue weighted by atomic mass is 10.2. The van der Waals surface area contributed by atoms with E-state index in [1.165, 1.54) is 10.9 Å². The van der Waals surface area contributed by atoms with Crippen molar-refractivity contribution in [2.24, 2.45) is 0 Å². The van der Waals surface area contributed by atoms with Crippen molar-refractivity contribution in [3.05, 3.63) is 36.0 Å². The number of benzene rings is 1. The van der Waals surface area contributed by atoms with Gasteiger partial charge in [-0.1, -0.05) is 6.07 Å². The maximum absolute atomic E-state index is 9.07. The van der Waals surface area contributed by atoms with E-state index in [-0.39, 0.29) is 6.61 Å². The van der Waals surface area contributed by atoms with E-state index in [4.69, 9.17) is 5.11 Å². The normalized spacial score (nSPS) is 11.5. The van der Waals surface area contributed by atoms with Gasteiger partial charge in [0, 0.05) is 24.8 Å². The molecule has 0 aliphatic carbocycles. The number of fused-ring (bicyclic) bond motifs is 1.